The van der Waals surface area contributed by atoms with Gasteiger partial charge in [-0.2, -0.15) is 0 Å². The first-order valence-corrected chi connectivity index (χ1v) is 5.56. The van der Waals surface area contributed by atoms with Gasteiger partial charge in [-0.15, -0.1) is 0 Å². The lowest BCUT2D eigenvalue weighted by Gasteiger charge is -2.09. The lowest BCUT2D eigenvalue weighted by Crippen LogP contribution is -2.02. The van der Waals surface area contributed by atoms with E-state index in [1.54, 1.807) is 12.1 Å². The van der Waals surface area contributed by atoms with Crippen molar-refractivity contribution in [2.24, 2.45) is 0 Å². The fourth-order valence-electron chi connectivity index (χ4n) is 1.45. The molecule has 0 saturated carbocycles. The topological polar surface area (TPSA) is 35.2 Å². The quantitative estimate of drug-likeness (QED) is 0.861. The van der Waals surface area contributed by atoms with Gasteiger partial charge in [-0.25, -0.2) is 8.78 Å². The number of nitrogen functional groups attached to an aromatic ring is 1. The van der Waals surface area contributed by atoms with Crippen LogP contribution in [0.3, 0.4) is 0 Å². The molecule has 0 saturated heterocycles. The highest BCUT2D eigenvalue weighted by Gasteiger charge is 2.08. The van der Waals surface area contributed by atoms with Gasteiger partial charge in [-0.3, -0.25) is 0 Å². The Morgan fingerprint density at radius 1 is 1.17 bits per heavy atom. The molecule has 2 N–H and O–H groups in total. The summed E-state index contributed by atoms with van der Waals surface area (Å²) in [6.07, 6.45) is 0. The maximum Gasteiger partial charge on any atom is 0.152 e. The Morgan fingerprint density at radius 3 is 2.72 bits per heavy atom. The largest absolute Gasteiger partial charge is 0.487 e. The minimum absolute atomic E-state index is 0.0430. The summed E-state index contributed by atoms with van der Waals surface area (Å²) in [5.74, 6) is -0.842. The minimum Gasteiger partial charge on any atom is -0.487 e. The smallest absolute Gasteiger partial charge is 0.152 e. The Bertz CT molecular complexity index is 573. The Labute approximate surface area is 108 Å². The fourth-order valence-corrected chi connectivity index (χ4v) is 1.63. The number of ether oxygens (including phenoxy) is 1. The standard InChI is InChI=1S/C13H10ClF2NO/c14-10-5-4-9(15)6-12(10)18-7-8-2-1-3-11(17)13(8)16/h1-6H,7,17H2. The molecule has 0 atom stereocenters. The zero-order chi connectivity index (χ0) is 13.1. The molecule has 2 rings (SSSR count). The van der Waals surface area contributed by atoms with Crippen molar-refractivity contribution in [2.75, 3.05) is 5.73 Å². The molecule has 0 bridgehead atoms. The number of anilines is 1. The van der Waals surface area contributed by atoms with E-state index in [1.165, 1.54) is 18.2 Å². The number of halogens is 3. The second-order valence-corrected chi connectivity index (χ2v) is 4.09. The SMILES string of the molecule is Nc1cccc(COc2cc(F)ccc2Cl)c1F. The molecule has 0 fully saturated rings. The summed E-state index contributed by atoms with van der Waals surface area (Å²) in [6.45, 7) is -0.0694. The van der Waals surface area contributed by atoms with E-state index in [0.717, 1.165) is 6.07 Å². The number of hydrogen-bond acceptors (Lipinski definition) is 2. The molecule has 0 heterocycles. The first-order chi connectivity index (χ1) is 8.58. The zero-order valence-corrected chi connectivity index (χ0v) is 10.0. The summed E-state index contributed by atoms with van der Waals surface area (Å²) < 4.78 is 31.8. The van der Waals surface area contributed by atoms with Crippen LogP contribution in [0.1, 0.15) is 5.56 Å². The Kier molecular flexibility index (Phi) is 3.67. The van der Waals surface area contributed by atoms with Gasteiger partial charge in [-0.1, -0.05) is 23.7 Å². The maximum atomic E-state index is 13.6. The number of rotatable bonds is 3. The predicted octanol–water partition coefficient (Wildman–Crippen LogP) is 3.78. The summed E-state index contributed by atoms with van der Waals surface area (Å²) in [5, 5.41) is 0.265. The first kappa shape index (κ1) is 12.6. The molecule has 2 nitrogen and oxygen atoms in total. The van der Waals surface area contributed by atoms with Crippen molar-refractivity contribution in [1.82, 2.24) is 0 Å². The first-order valence-electron chi connectivity index (χ1n) is 5.18. The molecule has 0 spiro atoms. The fraction of sp³-hybridized carbons (Fsp3) is 0.0769. The molecular formula is C13H10ClF2NO. The second-order valence-electron chi connectivity index (χ2n) is 3.68. The second kappa shape index (κ2) is 5.23. The minimum atomic E-state index is -0.537. The van der Waals surface area contributed by atoms with Gasteiger partial charge in [0.05, 0.1) is 10.7 Å². The van der Waals surface area contributed by atoms with Gasteiger partial charge in [0, 0.05) is 11.6 Å². The van der Waals surface area contributed by atoms with Crippen LogP contribution in [0.15, 0.2) is 36.4 Å². The highest BCUT2D eigenvalue weighted by Crippen LogP contribution is 2.26. The van der Waals surface area contributed by atoms with E-state index in [9.17, 15) is 8.78 Å². The normalized spacial score (nSPS) is 10.4. The highest BCUT2D eigenvalue weighted by atomic mass is 35.5. The van der Waals surface area contributed by atoms with Gasteiger partial charge in [0.2, 0.25) is 0 Å². The highest BCUT2D eigenvalue weighted by molar-refractivity contribution is 6.32. The zero-order valence-electron chi connectivity index (χ0n) is 9.29. The van der Waals surface area contributed by atoms with Crippen molar-refractivity contribution in [3.05, 3.63) is 58.6 Å². The number of hydrogen-bond donors (Lipinski definition) is 1. The predicted molar refractivity (Wildman–Crippen MR) is 66.6 cm³/mol. The van der Waals surface area contributed by atoms with Crippen molar-refractivity contribution >= 4 is 17.3 Å². The van der Waals surface area contributed by atoms with E-state index >= 15 is 0 Å². The summed E-state index contributed by atoms with van der Waals surface area (Å²) in [6, 6.07) is 8.35. The summed E-state index contributed by atoms with van der Waals surface area (Å²) in [5.41, 5.74) is 5.76. The third-order valence-corrected chi connectivity index (χ3v) is 2.70. The lowest BCUT2D eigenvalue weighted by atomic mass is 10.2. The van der Waals surface area contributed by atoms with Crippen LogP contribution in [-0.2, 0) is 6.61 Å². The molecule has 2 aromatic rings. The van der Waals surface area contributed by atoms with Crippen LogP contribution in [0.5, 0.6) is 5.75 Å². The Morgan fingerprint density at radius 2 is 1.94 bits per heavy atom. The number of nitrogens with two attached hydrogens (primary N) is 1. The van der Waals surface area contributed by atoms with Crippen molar-refractivity contribution < 1.29 is 13.5 Å². The molecular weight excluding hydrogens is 260 g/mol. The van der Waals surface area contributed by atoms with Crippen molar-refractivity contribution in [2.45, 2.75) is 6.61 Å². The monoisotopic (exact) mass is 269 g/mol. The lowest BCUT2D eigenvalue weighted by molar-refractivity contribution is 0.299. The molecule has 0 aliphatic heterocycles. The summed E-state index contributed by atoms with van der Waals surface area (Å²) in [4.78, 5) is 0. The average Bonchev–Trinajstić information content (AvgIpc) is 2.35. The third-order valence-electron chi connectivity index (χ3n) is 2.38. The molecule has 18 heavy (non-hydrogen) atoms. The average molecular weight is 270 g/mol. The van der Waals surface area contributed by atoms with E-state index in [-0.39, 0.29) is 28.6 Å². The van der Waals surface area contributed by atoms with Gasteiger partial charge < -0.3 is 10.5 Å². The Hall–Kier alpha value is -1.81. The van der Waals surface area contributed by atoms with E-state index in [2.05, 4.69) is 0 Å². The van der Waals surface area contributed by atoms with Crippen LogP contribution in [-0.4, -0.2) is 0 Å². The van der Waals surface area contributed by atoms with E-state index in [1.807, 2.05) is 0 Å². The van der Waals surface area contributed by atoms with E-state index in [4.69, 9.17) is 22.1 Å². The molecule has 0 aliphatic rings. The third kappa shape index (κ3) is 2.71. The Balaban J connectivity index is 2.16. The van der Waals surface area contributed by atoms with E-state index in [0.29, 0.717) is 0 Å². The van der Waals surface area contributed by atoms with Gasteiger partial charge in [0.15, 0.2) is 5.82 Å². The molecule has 2 aromatic carbocycles. The van der Waals surface area contributed by atoms with Crippen LogP contribution in [0.4, 0.5) is 14.5 Å². The van der Waals surface area contributed by atoms with Crippen molar-refractivity contribution in [3.63, 3.8) is 0 Å². The molecule has 0 radical (unpaired) electrons. The molecule has 0 aromatic heterocycles. The number of benzene rings is 2. The molecule has 0 aliphatic carbocycles. The van der Waals surface area contributed by atoms with E-state index < -0.39 is 11.6 Å². The molecule has 0 amide bonds. The van der Waals surface area contributed by atoms with Crippen molar-refractivity contribution in [1.29, 1.82) is 0 Å². The van der Waals surface area contributed by atoms with Crippen LogP contribution in [0.25, 0.3) is 0 Å². The van der Waals surface area contributed by atoms with Gasteiger partial charge in [0.25, 0.3) is 0 Å². The molecule has 5 heteroatoms. The van der Waals surface area contributed by atoms with Crippen LogP contribution >= 0.6 is 11.6 Å². The maximum absolute atomic E-state index is 13.6. The van der Waals surface area contributed by atoms with Crippen LogP contribution in [0.2, 0.25) is 5.02 Å². The summed E-state index contributed by atoms with van der Waals surface area (Å²) in [7, 11) is 0. The van der Waals surface area contributed by atoms with Crippen LogP contribution in [0, 0.1) is 11.6 Å². The van der Waals surface area contributed by atoms with Gasteiger partial charge in [0.1, 0.15) is 18.2 Å². The van der Waals surface area contributed by atoms with Gasteiger partial charge >= 0.3 is 0 Å². The van der Waals surface area contributed by atoms with Crippen LogP contribution < -0.4 is 10.5 Å². The summed E-state index contributed by atoms with van der Waals surface area (Å²) >= 11 is 5.82. The van der Waals surface area contributed by atoms with Gasteiger partial charge in [-0.05, 0) is 18.2 Å². The molecule has 0 unspecified atom stereocenters. The van der Waals surface area contributed by atoms with Crippen molar-refractivity contribution in [3.8, 4) is 5.75 Å². The molecule has 94 valence electrons.